The van der Waals surface area contributed by atoms with E-state index in [-0.39, 0.29) is 42.7 Å². The van der Waals surface area contributed by atoms with E-state index in [4.69, 9.17) is 16.6 Å². The van der Waals surface area contributed by atoms with Gasteiger partial charge >= 0.3 is 6.16 Å². The fourth-order valence-electron chi connectivity index (χ4n) is 3.25. The lowest BCUT2D eigenvalue weighted by atomic mass is 10.1. The zero-order valence-electron chi connectivity index (χ0n) is 14.4. The van der Waals surface area contributed by atoms with E-state index in [2.05, 4.69) is 4.74 Å². The van der Waals surface area contributed by atoms with Crippen LogP contribution in [0.4, 0.5) is 25.0 Å². The van der Waals surface area contributed by atoms with E-state index in [0.717, 1.165) is 6.20 Å². The first-order chi connectivity index (χ1) is 12.3. The molecule has 8 nitrogen and oxygen atoms in total. The maximum atomic E-state index is 15.2. The number of aryl methyl sites for hydroxylation is 1. The SMILES string of the molecule is CCn1cc(OC(=O)O)c(=O)c2c(N)c(F)c(N3CCC(N)C3)c(F)c21.Cl. The number of aromatic nitrogens is 1. The number of halogens is 3. The molecule has 1 aromatic heterocycles. The highest BCUT2D eigenvalue weighted by Crippen LogP contribution is 2.36. The molecular formula is C16H19ClF2N4O4. The number of carboxylic acid groups (broad SMARTS) is 1. The van der Waals surface area contributed by atoms with Gasteiger partial charge < -0.3 is 30.8 Å². The Morgan fingerprint density at radius 2 is 2.07 bits per heavy atom. The summed E-state index contributed by atoms with van der Waals surface area (Å²) in [6, 6.07) is -0.217. The summed E-state index contributed by atoms with van der Waals surface area (Å²) >= 11 is 0. The number of anilines is 2. The van der Waals surface area contributed by atoms with Crippen LogP contribution in [-0.4, -0.2) is 35.0 Å². The Kier molecular flexibility index (Phi) is 5.81. The standard InChI is InChI=1S/C16H18F2N4O4.ClH/c1-2-21-6-8(26-16(24)25)15(23)9-12(20)10(17)14(11(18)13(9)21)22-4-3-7(19)5-22;/h6-7H,2-5,19-20H2,1H3,(H,24,25);1H. The first-order valence-corrected chi connectivity index (χ1v) is 8.01. The van der Waals surface area contributed by atoms with Crippen LogP contribution >= 0.6 is 12.4 Å². The molecule has 0 bridgehead atoms. The van der Waals surface area contributed by atoms with Gasteiger partial charge in [-0.2, -0.15) is 0 Å². The van der Waals surface area contributed by atoms with Crippen molar-refractivity contribution >= 4 is 40.8 Å². The first-order valence-electron chi connectivity index (χ1n) is 8.01. The van der Waals surface area contributed by atoms with Gasteiger partial charge in [-0.1, -0.05) is 0 Å². The number of ether oxygens (including phenoxy) is 1. The summed E-state index contributed by atoms with van der Waals surface area (Å²) < 4.78 is 35.7. The quantitative estimate of drug-likeness (QED) is 0.527. The number of pyridine rings is 1. The van der Waals surface area contributed by atoms with Crippen LogP contribution in [0, 0.1) is 11.6 Å². The molecule has 1 fully saturated rings. The van der Waals surface area contributed by atoms with E-state index in [1.165, 1.54) is 9.47 Å². The molecule has 2 heterocycles. The minimum Gasteiger partial charge on any atom is -0.449 e. The highest BCUT2D eigenvalue weighted by atomic mass is 35.5. The lowest BCUT2D eigenvalue weighted by Crippen LogP contribution is -2.28. The average Bonchev–Trinajstić information content (AvgIpc) is 3.00. The summed E-state index contributed by atoms with van der Waals surface area (Å²) in [4.78, 5) is 24.7. The van der Waals surface area contributed by atoms with Crippen molar-refractivity contribution in [2.24, 2.45) is 5.73 Å². The molecular weight excluding hydrogens is 386 g/mol. The van der Waals surface area contributed by atoms with E-state index >= 15 is 4.39 Å². The zero-order valence-corrected chi connectivity index (χ0v) is 15.2. The number of nitrogens with zero attached hydrogens (tertiary/aromatic N) is 2. The molecule has 1 unspecified atom stereocenters. The van der Waals surface area contributed by atoms with E-state index in [0.29, 0.717) is 13.0 Å². The number of hydrogen-bond acceptors (Lipinski definition) is 6. The van der Waals surface area contributed by atoms with Gasteiger partial charge in [-0.05, 0) is 13.3 Å². The van der Waals surface area contributed by atoms with Crippen LogP contribution in [0.25, 0.3) is 10.9 Å². The summed E-state index contributed by atoms with van der Waals surface area (Å²) in [5.74, 6) is -2.59. The fraction of sp³-hybridized carbons (Fsp3) is 0.375. The molecule has 3 rings (SSSR count). The third kappa shape index (κ3) is 3.37. The molecule has 11 heteroatoms. The minimum absolute atomic E-state index is 0. The van der Waals surface area contributed by atoms with Gasteiger partial charge in [-0.25, -0.2) is 13.6 Å². The van der Waals surface area contributed by atoms with Crippen molar-refractivity contribution in [1.29, 1.82) is 0 Å². The monoisotopic (exact) mass is 404 g/mol. The molecule has 2 aromatic rings. The van der Waals surface area contributed by atoms with E-state index in [9.17, 15) is 14.0 Å². The van der Waals surface area contributed by atoms with Crippen LogP contribution in [0.2, 0.25) is 0 Å². The second-order valence-corrected chi connectivity index (χ2v) is 6.09. The largest absolute Gasteiger partial charge is 0.511 e. The van der Waals surface area contributed by atoms with Crippen molar-refractivity contribution in [1.82, 2.24) is 4.57 Å². The predicted octanol–water partition coefficient (Wildman–Crippen LogP) is 1.90. The van der Waals surface area contributed by atoms with E-state index < -0.39 is 40.0 Å². The van der Waals surface area contributed by atoms with Crippen LogP contribution in [0.15, 0.2) is 11.0 Å². The van der Waals surface area contributed by atoms with Gasteiger partial charge in [0.1, 0.15) is 5.69 Å². The molecule has 1 aliphatic rings. The predicted molar refractivity (Wildman–Crippen MR) is 98.9 cm³/mol. The normalized spacial score (nSPS) is 16.4. The molecule has 148 valence electrons. The smallest absolute Gasteiger partial charge is 0.449 e. The Morgan fingerprint density at radius 3 is 2.59 bits per heavy atom. The number of benzene rings is 1. The Balaban J connectivity index is 0.00000261. The summed E-state index contributed by atoms with van der Waals surface area (Å²) in [6.45, 7) is 2.44. The molecule has 1 atom stereocenters. The maximum absolute atomic E-state index is 15.2. The molecule has 0 spiro atoms. The van der Waals surface area contributed by atoms with Crippen molar-refractivity contribution in [3.63, 3.8) is 0 Å². The Morgan fingerprint density at radius 1 is 1.41 bits per heavy atom. The van der Waals surface area contributed by atoms with Crippen molar-refractivity contribution in [3.8, 4) is 5.75 Å². The van der Waals surface area contributed by atoms with Crippen molar-refractivity contribution in [2.75, 3.05) is 23.7 Å². The van der Waals surface area contributed by atoms with Crippen LogP contribution in [0.5, 0.6) is 5.75 Å². The van der Waals surface area contributed by atoms with Crippen LogP contribution < -0.4 is 26.5 Å². The third-order valence-electron chi connectivity index (χ3n) is 4.46. The molecule has 0 radical (unpaired) electrons. The van der Waals surface area contributed by atoms with E-state index in [1.54, 1.807) is 6.92 Å². The van der Waals surface area contributed by atoms with Crippen molar-refractivity contribution in [2.45, 2.75) is 25.9 Å². The molecule has 0 aliphatic carbocycles. The Hall–Kier alpha value is -2.59. The van der Waals surface area contributed by atoms with Gasteiger partial charge in [-0.3, -0.25) is 4.79 Å². The lowest BCUT2D eigenvalue weighted by Gasteiger charge is -2.23. The van der Waals surface area contributed by atoms with Gasteiger partial charge in [0.15, 0.2) is 17.4 Å². The van der Waals surface area contributed by atoms with Gasteiger partial charge in [0.25, 0.3) is 0 Å². The molecule has 27 heavy (non-hydrogen) atoms. The van der Waals surface area contributed by atoms with Gasteiger partial charge in [0.05, 0.1) is 22.8 Å². The number of carbonyl (C=O) groups is 1. The Bertz CT molecular complexity index is 966. The number of hydrogen-bond donors (Lipinski definition) is 3. The molecule has 1 aromatic carbocycles. The lowest BCUT2D eigenvalue weighted by molar-refractivity contribution is 0.144. The van der Waals surface area contributed by atoms with Crippen molar-refractivity contribution < 1.29 is 23.4 Å². The molecule has 0 saturated carbocycles. The van der Waals surface area contributed by atoms with Crippen LogP contribution in [0.3, 0.4) is 0 Å². The maximum Gasteiger partial charge on any atom is 0.511 e. The van der Waals surface area contributed by atoms with E-state index in [1.807, 2.05) is 0 Å². The van der Waals surface area contributed by atoms with Crippen LogP contribution in [-0.2, 0) is 6.54 Å². The molecule has 5 N–H and O–H groups in total. The average molecular weight is 405 g/mol. The van der Waals surface area contributed by atoms with Crippen LogP contribution in [0.1, 0.15) is 13.3 Å². The summed E-state index contributed by atoms with van der Waals surface area (Å²) in [7, 11) is 0. The zero-order chi connectivity index (χ0) is 19.2. The first kappa shape index (κ1) is 20.7. The fourth-order valence-corrected chi connectivity index (χ4v) is 3.25. The second-order valence-electron chi connectivity index (χ2n) is 6.09. The number of rotatable bonds is 3. The van der Waals surface area contributed by atoms with Crippen molar-refractivity contribution in [3.05, 3.63) is 28.1 Å². The highest BCUT2D eigenvalue weighted by Gasteiger charge is 2.30. The highest BCUT2D eigenvalue weighted by molar-refractivity contribution is 5.96. The molecule has 0 amide bonds. The number of fused-ring (bicyclic) bond motifs is 1. The summed E-state index contributed by atoms with van der Waals surface area (Å²) in [5, 5.41) is 8.30. The molecule has 1 aliphatic heterocycles. The number of nitrogen functional groups attached to an aromatic ring is 1. The third-order valence-corrected chi connectivity index (χ3v) is 4.46. The number of nitrogens with two attached hydrogens (primary N) is 2. The summed E-state index contributed by atoms with van der Waals surface area (Å²) in [6.07, 6.45) is -0.0760. The molecule has 1 saturated heterocycles. The van der Waals surface area contributed by atoms with Gasteiger partial charge in [0, 0.05) is 25.7 Å². The summed E-state index contributed by atoms with van der Waals surface area (Å²) in [5.41, 5.74) is 9.52. The Labute approximate surface area is 158 Å². The second kappa shape index (κ2) is 7.57. The minimum atomic E-state index is -1.72. The van der Waals surface area contributed by atoms with Gasteiger partial charge in [-0.15, -0.1) is 12.4 Å². The topological polar surface area (TPSA) is 124 Å². The van der Waals surface area contributed by atoms with Gasteiger partial charge in [0.2, 0.25) is 5.43 Å².